The van der Waals surface area contributed by atoms with E-state index in [9.17, 15) is 4.79 Å². The Bertz CT molecular complexity index is 734. The molecule has 2 N–H and O–H groups in total. The summed E-state index contributed by atoms with van der Waals surface area (Å²) < 4.78 is 4.41. The molecule has 1 saturated heterocycles. The molecule has 2 aromatic heterocycles. The van der Waals surface area contributed by atoms with Crippen LogP contribution in [-0.4, -0.2) is 31.7 Å². The van der Waals surface area contributed by atoms with Gasteiger partial charge in [-0.1, -0.05) is 6.07 Å². The molecule has 0 spiro atoms. The molecule has 1 aliphatic heterocycles. The van der Waals surface area contributed by atoms with Gasteiger partial charge in [0.15, 0.2) is 4.77 Å². The van der Waals surface area contributed by atoms with Crippen molar-refractivity contribution in [3.05, 3.63) is 33.0 Å². The summed E-state index contributed by atoms with van der Waals surface area (Å²) in [5.74, 6) is 0.489. The Labute approximate surface area is 144 Å². The summed E-state index contributed by atoms with van der Waals surface area (Å²) in [6, 6.07) is 4.75. The van der Waals surface area contributed by atoms with Gasteiger partial charge in [0.25, 0.3) is 0 Å². The number of hydrogen-bond acceptors (Lipinski definition) is 5. The topological polar surface area (TPSA) is 69.1 Å². The largest absolute Gasteiger partial charge is 0.370 e. The van der Waals surface area contributed by atoms with Crippen LogP contribution in [0.25, 0.3) is 0 Å². The average molecular weight is 352 g/mol. The molecule has 0 radical (unpaired) electrons. The SMILES string of the molecule is Cn1c(CCC(N)=O)nn(CN2CCC[C@@H]2c2cccs2)c1=S. The molecule has 1 amide bonds. The molecule has 3 heterocycles. The van der Waals surface area contributed by atoms with Crippen LogP contribution in [0.15, 0.2) is 17.5 Å². The Morgan fingerprint density at radius 1 is 1.57 bits per heavy atom. The van der Waals surface area contributed by atoms with Crippen LogP contribution in [0.4, 0.5) is 0 Å². The quantitative estimate of drug-likeness (QED) is 0.810. The fraction of sp³-hybridized carbons (Fsp3) is 0.533. The summed E-state index contributed by atoms with van der Waals surface area (Å²) in [6.45, 7) is 1.74. The molecule has 0 bridgehead atoms. The van der Waals surface area contributed by atoms with Gasteiger partial charge < -0.3 is 10.3 Å². The van der Waals surface area contributed by atoms with Gasteiger partial charge in [0.1, 0.15) is 5.82 Å². The lowest BCUT2D eigenvalue weighted by Gasteiger charge is -2.23. The number of rotatable bonds is 6. The van der Waals surface area contributed by atoms with E-state index in [4.69, 9.17) is 18.0 Å². The Morgan fingerprint density at radius 3 is 3.09 bits per heavy atom. The van der Waals surface area contributed by atoms with E-state index >= 15 is 0 Å². The van der Waals surface area contributed by atoms with Crippen molar-refractivity contribution in [2.24, 2.45) is 12.8 Å². The predicted molar refractivity (Wildman–Crippen MR) is 92.5 cm³/mol. The molecule has 0 saturated carbocycles. The van der Waals surface area contributed by atoms with Crippen molar-refractivity contribution in [1.29, 1.82) is 0 Å². The number of carbonyl (C=O) groups is 1. The summed E-state index contributed by atoms with van der Waals surface area (Å²) >= 11 is 7.29. The number of aryl methyl sites for hydroxylation is 1. The van der Waals surface area contributed by atoms with Crippen LogP contribution in [-0.2, 0) is 24.9 Å². The first-order valence-corrected chi connectivity index (χ1v) is 9.03. The molecule has 1 aliphatic rings. The van der Waals surface area contributed by atoms with Gasteiger partial charge in [0.05, 0.1) is 6.67 Å². The third-order valence-corrected chi connectivity index (χ3v) is 5.74. The number of nitrogens with two attached hydrogens (primary N) is 1. The average Bonchev–Trinajstić information content (AvgIpc) is 3.23. The molecule has 8 heteroatoms. The van der Waals surface area contributed by atoms with E-state index in [0.717, 1.165) is 12.4 Å². The first-order valence-electron chi connectivity index (χ1n) is 7.74. The molecular formula is C15H21N5OS2. The molecule has 1 fully saturated rings. The van der Waals surface area contributed by atoms with Gasteiger partial charge in [-0.25, -0.2) is 4.68 Å². The van der Waals surface area contributed by atoms with E-state index in [1.54, 1.807) is 11.3 Å². The van der Waals surface area contributed by atoms with Crippen molar-refractivity contribution >= 4 is 29.5 Å². The first-order chi connectivity index (χ1) is 11.1. The van der Waals surface area contributed by atoms with Crippen molar-refractivity contribution in [3.8, 4) is 0 Å². The smallest absolute Gasteiger partial charge is 0.217 e. The van der Waals surface area contributed by atoms with Crippen molar-refractivity contribution < 1.29 is 4.79 Å². The highest BCUT2D eigenvalue weighted by atomic mass is 32.1. The van der Waals surface area contributed by atoms with E-state index in [-0.39, 0.29) is 5.91 Å². The first kappa shape index (κ1) is 16.4. The van der Waals surface area contributed by atoms with Crippen LogP contribution in [0.3, 0.4) is 0 Å². The fourth-order valence-electron chi connectivity index (χ4n) is 3.05. The number of hydrogen-bond donors (Lipinski definition) is 1. The maximum Gasteiger partial charge on any atom is 0.217 e. The number of nitrogens with zero attached hydrogens (tertiary/aromatic N) is 4. The van der Waals surface area contributed by atoms with Crippen LogP contribution in [0.2, 0.25) is 0 Å². The summed E-state index contributed by atoms with van der Waals surface area (Å²) in [6.07, 6.45) is 3.18. The van der Waals surface area contributed by atoms with E-state index in [1.807, 2.05) is 16.3 Å². The van der Waals surface area contributed by atoms with Crippen molar-refractivity contribution in [2.45, 2.75) is 38.4 Å². The lowest BCUT2D eigenvalue weighted by molar-refractivity contribution is -0.118. The molecule has 0 aliphatic carbocycles. The summed E-state index contributed by atoms with van der Waals surface area (Å²) in [7, 11) is 1.89. The van der Waals surface area contributed by atoms with Gasteiger partial charge in [-0.15, -0.1) is 11.3 Å². The Morgan fingerprint density at radius 2 is 2.39 bits per heavy atom. The molecule has 1 atom stereocenters. The van der Waals surface area contributed by atoms with Crippen LogP contribution in [0.5, 0.6) is 0 Å². The van der Waals surface area contributed by atoms with E-state index in [2.05, 4.69) is 27.5 Å². The second kappa shape index (κ2) is 6.94. The normalized spacial score (nSPS) is 18.6. The second-order valence-electron chi connectivity index (χ2n) is 5.85. The maximum absolute atomic E-state index is 11.0. The Hall–Kier alpha value is -1.51. The lowest BCUT2D eigenvalue weighted by Crippen LogP contribution is -2.26. The van der Waals surface area contributed by atoms with Crippen LogP contribution in [0, 0.1) is 4.77 Å². The molecule has 3 rings (SSSR count). The molecule has 0 unspecified atom stereocenters. The minimum atomic E-state index is -0.317. The zero-order valence-corrected chi connectivity index (χ0v) is 14.8. The van der Waals surface area contributed by atoms with E-state index in [0.29, 0.717) is 30.3 Å². The number of carbonyl (C=O) groups excluding carboxylic acids is 1. The fourth-order valence-corrected chi connectivity index (χ4v) is 4.15. The van der Waals surface area contributed by atoms with Gasteiger partial charge in [0.2, 0.25) is 5.91 Å². The van der Waals surface area contributed by atoms with Crippen LogP contribution >= 0.6 is 23.6 Å². The lowest BCUT2D eigenvalue weighted by atomic mass is 10.2. The number of aromatic nitrogens is 3. The van der Waals surface area contributed by atoms with Crippen molar-refractivity contribution in [2.75, 3.05) is 6.54 Å². The van der Waals surface area contributed by atoms with Gasteiger partial charge >= 0.3 is 0 Å². The number of amides is 1. The van der Waals surface area contributed by atoms with E-state index < -0.39 is 0 Å². The molecule has 2 aromatic rings. The summed E-state index contributed by atoms with van der Waals surface area (Å²) in [5, 5.41) is 6.72. The minimum absolute atomic E-state index is 0.293. The predicted octanol–water partition coefficient (Wildman–Crippen LogP) is 2.23. The van der Waals surface area contributed by atoms with Gasteiger partial charge in [0, 0.05) is 37.4 Å². The molecule has 6 nitrogen and oxygen atoms in total. The Balaban J connectivity index is 1.76. The molecule has 0 aromatic carbocycles. The molecular weight excluding hydrogens is 330 g/mol. The van der Waals surface area contributed by atoms with Gasteiger partial charge in [-0.3, -0.25) is 9.69 Å². The van der Waals surface area contributed by atoms with Crippen LogP contribution < -0.4 is 5.73 Å². The zero-order valence-electron chi connectivity index (χ0n) is 13.1. The Kier molecular flexibility index (Phi) is 4.93. The van der Waals surface area contributed by atoms with Gasteiger partial charge in [-0.05, 0) is 36.5 Å². The third-order valence-electron chi connectivity index (χ3n) is 4.28. The molecule has 124 valence electrons. The highest BCUT2D eigenvalue weighted by Crippen LogP contribution is 2.34. The summed E-state index contributed by atoms with van der Waals surface area (Å²) in [5.41, 5.74) is 5.22. The van der Waals surface area contributed by atoms with Crippen molar-refractivity contribution in [1.82, 2.24) is 19.2 Å². The highest BCUT2D eigenvalue weighted by Gasteiger charge is 2.27. The molecule has 23 heavy (non-hydrogen) atoms. The van der Waals surface area contributed by atoms with Gasteiger partial charge in [-0.2, -0.15) is 5.10 Å². The summed E-state index contributed by atoms with van der Waals surface area (Å²) in [4.78, 5) is 14.8. The monoisotopic (exact) mass is 351 g/mol. The van der Waals surface area contributed by atoms with Crippen molar-refractivity contribution in [3.63, 3.8) is 0 Å². The third kappa shape index (κ3) is 3.54. The van der Waals surface area contributed by atoms with Crippen LogP contribution in [0.1, 0.15) is 36.0 Å². The standard InChI is InChI=1S/C15H21N5OS2/c1-18-14(7-6-13(16)21)17-20(15(18)22)10-19-8-2-4-11(19)12-5-3-9-23-12/h3,5,9,11H,2,4,6-8,10H2,1H3,(H2,16,21)/t11-/m1/s1. The number of likely N-dealkylation sites (tertiary alicyclic amines) is 1. The zero-order chi connectivity index (χ0) is 16.4. The van der Waals surface area contributed by atoms with E-state index in [1.165, 1.54) is 17.7 Å². The minimum Gasteiger partial charge on any atom is -0.370 e. The number of thiophene rings is 1. The highest BCUT2D eigenvalue weighted by molar-refractivity contribution is 7.71. The number of primary amides is 1. The maximum atomic E-state index is 11.0. The second-order valence-corrected chi connectivity index (χ2v) is 7.20.